The van der Waals surface area contributed by atoms with Crippen LogP contribution in [0.15, 0.2) is 24.3 Å². The highest BCUT2D eigenvalue weighted by molar-refractivity contribution is 5.76. The lowest BCUT2D eigenvalue weighted by molar-refractivity contribution is 0.390. The van der Waals surface area contributed by atoms with Gasteiger partial charge in [-0.05, 0) is 50.8 Å². The van der Waals surface area contributed by atoms with E-state index in [1.165, 1.54) is 37.0 Å². The van der Waals surface area contributed by atoms with E-state index in [0.717, 1.165) is 24.9 Å². The van der Waals surface area contributed by atoms with Crippen LogP contribution in [0.5, 0.6) is 0 Å². The minimum Gasteiger partial charge on any atom is -0.323 e. The molecule has 21 heavy (non-hydrogen) atoms. The molecule has 1 aliphatic rings. The molecule has 3 rings (SSSR count). The van der Waals surface area contributed by atoms with E-state index in [0.29, 0.717) is 12.1 Å². The second kappa shape index (κ2) is 6.61. The zero-order valence-corrected chi connectivity index (χ0v) is 13.3. The van der Waals surface area contributed by atoms with Gasteiger partial charge in [-0.3, -0.25) is 0 Å². The first-order valence-electron chi connectivity index (χ1n) is 8.54. The predicted octanol–water partition coefficient (Wildman–Crippen LogP) is 4.08. The minimum absolute atomic E-state index is 0.575. The van der Waals surface area contributed by atoms with Crippen molar-refractivity contribution in [3.05, 3.63) is 30.1 Å². The smallest absolute Gasteiger partial charge is 0.110 e. The van der Waals surface area contributed by atoms with Crippen molar-refractivity contribution in [1.82, 2.24) is 14.9 Å². The maximum Gasteiger partial charge on any atom is 0.110 e. The Morgan fingerprint density at radius 3 is 2.86 bits per heavy atom. The summed E-state index contributed by atoms with van der Waals surface area (Å²) in [6, 6.07) is 9.80. The van der Waals surface area contributed by atoms with Gasteiger partial charge in [0.1, 0.15) is 5.82 Å². The van der Waals surface area contributed by atoms with Crippen LogP contribution in [0.1, 0.15) is 57.8 Å². The lowest BCUT2D eigenvalue weighted by Gasteiger charge is -2.25. The number of fused-ring (bicyclic) bond motifs is 1. The number of rotatable bonds is 6. The third-order valence-electron chi connectivity index (χ3n) is 4.61. The first-order chi connectivity index (χ1) is 10.3. The molecular formula is C18H27N3. The zero-order valence-electron chi connectivity index (χ0n) is 13.3. The summed E-state index contributed by atoms with van der Waals surface area (Å²) in [6.45, 7) is 5.61. The Morgan fingerprint density at radius 1 is 1.19 bits per heavy atom. The molecule has 0 bridgehead atoms. The highest BCUT2D eigenvalue weighted by atomic mass is 15.1. The van der Waals surface area contributed by atoms with E-state index in [1.54, 1.807) is 0 Å². The Morgan fingerprint density at radius 2 is 2.05 bits per heavy atom. The number of benzene rings is 1. The van der Waals surface area contributed by atoms with Crippen LogP contribution in [0.25, 0.3) is 11.0 Å². The number of hydrogen-bond acceptors (Lipinski definition) is 2. The molecule has 0 radical (unpaired) electrons. The molecule has 1 aromatic carbocycles. The summed E-state index contributed by atoms with van der Waals surface area (Å²) in [5.74, 6) is 1.27. The summed E-state index contributed by atoms with van der Waals surface area (Å²) in [5.41, 5.74) is 2.47. The Balaban J connectivity index is 1.99. The topological polar surface area (TPSA) is 29.9 Å². The molecule has 3 heteroatoms. The fourth-order valence-electron chi connectivity index (χ4n) is 3.68. The van der Waals surface area contributed by atoms with Gasteiger partial charge in [-0.2, -0.15) is 0 Å². The molecule has 2 atom stereocenters. The molecule has 1 heterocycles. The maximum absolute atomic E-state index is 4.90. The highest BCUT2D eigenvalue weighted by Gasteiger charge is 2.30. The molecule has 1 saturated carbocycles. The van der Waals surface area contributed by atoms with Crippen molar-refractivity contribution >= 4 is 11.0 Å². The van der Waals surface area contributed by atoms with E-state index in [1.807, 2.05) is 0 Å². The number of aryl methyl sites for hydroxylation is 1. The van der Waals surface area contributed by atoms with Crippen molar-refractivity contribution in [2.75, 3.05) is 6.54 Å². The Hall–Kier alpha value is -1.35. The molecule has 1 aliphatic carbocycles. The second-order valence-electron chi connectivity index (χ2n) is 6.20. The molecule has 0 amide bonds. The fraction of sp³-hybridized carbons (Fsp3) is 0.611. The Labute approximate surface area is 127 Å². The van der Waals surface area contributed by atoms with Gasteiger partial charge in [0.25, 0.3) is 0 Å². The van der Waals surface area contributed by atoms with Crippen LogP contribution in [0.3, 0.4) is 0 Å². The van der Waals surface area contributed by atoms with Crippen LogP contribution in [-0.4, -0.2) is 22.1 Å². The maximum atomic E-state index is 4.90. The summed E-state index contributed by atoms with van der Waals surface area (Å²) in [7, 11) is 0. The highest BCUT2D eigenvalue weighted by Crippen LogP contribution is 2.34. The molecule has 3 nitrogen and oxygen atoms in total. The molecule has 0 spiro atoms. The van der Waals surface area contributed by atoms with Gasteiger partial charge in [0.2, 0.25) is 0 Å². The van der Waals surface area contributed by atoms with Gasteiger partial charge in [0.15, 0.2) is 0 Å². The first kappa shape index (κ1) is 14.6. The largest absolute Gasteiger partial charge is 0.323 e. The quantitative estimate of drug-likeness (QED) is 0.866. The van der Waals surface area contributed by atoms with Gasteiger partial charge in [-0.1, -0.05) is 26.0 Å². The van der Waals surface area contributed by atoms with Crippen molar-refractivity contribution in [2.45, 2.75) is 64.5 Å². The van der Waals surface area contributed by atoms with Crippen molar-refractivity contribution in [3.8, 4) is 0 Å². The molecule has 2 aromatic rings. The van der Waals surface area contributed by atoms with E-state index < -0.39 is 0 Å². The van der Waals surface area contributed by atoms with Gasteiger partial charge >= 0.3 is 0 Å². The third kappa shape index (κ3) is 2.84. The number of imidazole rings is 1. The molecule has 0 aliphatic heterocycles. The molecule has 0 saturated heterocycles. The van der Waals surface area contributed by atoms with E-state index >= 15 is 0 Å². The molecule has 2 unspecified atom stereocenters. The zero-order chi connectivity index (χ0) is 14.7. The van der Waals surface area contributed by atoms with E-state index in [4.69, 9.17) is 4.98 Å². The third-order valence-corrected chi connectivity index (χ3v) is 4.61. The molecule has 1 fully saturated rings. The predicted molar refractivity (Wildman–Crippen MR) is 88.7 cm³/mol. The van der Waals surface area contributed by atoms with Crippen molar-refractivity contribution in [2.24, 2.45) is 0 Å². The summed E-state index contributed by atoms with van der Waals surface area (Å²) >= 11 is 0. The van der Waals surface area contributed by atoms with Crippen molar-refractivity contribution < 1.29 is 0 Å². The van der Waals surface area contributed by atoms with Crippen LogP contribution in [0.4, 0.5) is 0 Å². The van der Waals surface area contributed by atoms with Gasteiger partial charge in [0.05, 0.1) is 17.1 Å². The minimum atomic E-state index is 0.575. The van der Waals surface area contributed by atoms with E-state index in [2.05, 4.69) is 48.0 Å². The van der Waals surface area contributed by atoms with E-state index in [-0.39, 0.29) is 0 Å². The standard InChI is InChI=1S/C18H27N3/c1-3-8-18-20-15-9-5-6-11-17(15)21(18)16-12-7-10-14(16)19-13-4-2/h5-6,9,11,14,16,19H,3-4,7-8,10,12-13H2,1-2H3. The summed E-state index contributed by atoms with van der Waals surface area (Å²) < 4.78 is 2.54. The monoisotopic (exact) mass is 285 g/mol. The van der Waals surface area contributed by atoms with Gasteiger partial charge in [0, 0.05) is 12.5 Å². The summed E-state index contributed by atoms with van der Waals surface area (Å²) in [4.78, 5) is 4.90. The van der Waals surface area contributed by atoms with Gasteiger partial charge in [-0.25, -0.2) is 4.98 Å². The summed E-state index contributed by atoms with van der Waals surface area (Å²) in [5, 5.41) is 3.76. The molecule has 1 N–H and O–H groups in total. The first-order valence-corrected chi connectivity index (χ1v) is 8.54. The van der Waals surface area contributed by atoms with Crippen LogP contribution in [-0.2, 0) is 6.42 Å². The van der Waals surface area contributed by atoms with Gasteiger partial charge in [-0.15, -0.1) is 0 Å². The molecular weight excluding hydrogens is 258 g/mol. The number of nitrogens with zero attached hydrogens (tertiary/aromatic N) is 2. The Bertz CT molecular complexity index is 587. The van der Waals surface area contributed by atoms with Crippen molar-refractivity contribution in [1.29, 1.82) is 0 Å². The van der Waals surface area contributed by atoms with Crippen LogP contribution in [0.2, 0.25) is 0 Å². The Kier molecular flexibility index (Phi) is 4.59. The number of aromatic nitrogens is 2. The average molecular weight is 285 g/mol. The second-order valence-corrected chi connectivity index (χ2v) is 6.20. The summed E-state index contributed by atoms with van der Waals surface area (Å²) in [6.07, 6.45) is 7.33. The van der Waals surface area contributed by atoms with Crippen molar-refractivity contribution in [3.63, 3.8) is 0 Å². The lowest BCUT2D eigenvalue weighted by Crippen LogP contribution is -2.35. The van der Waals surface area contributed by atoms with E-state index in [9.17, 15) is 0 Å². The normalized spacial score (nSPS) is 22.2. The van der Waals surface area contributed by atoms with Gasteiger partial charge < -0.3 is 9.88 Å². The number of nitrogens with one attached hydrogen (secondary N) is 1. The molecule has 114 valence electrons. The lowest BCUT2D eigenvalue weighted by atomic mass is 10.1. The fourth-order valence-corrected chi connectivity index (χ4v) is 3.68. The number of para-hydroxylation sites is 2. The van der Waals surface area contributed by atoms with Crippen LogP contribution in [0, 0.1) is 0 Å². The van der Waals surface area contributed by atoms with Crippen LogP contribution < -0.4 is 5.32 Å². The average Bonchev–Trinajstić information content (AvgIpc) is 3.08. The SMILES string of the molecule is CCCNC1CCCC1n1c(CCC)nc2ccccc21. The molecule has 1 aromatic heterocycles. The number of hydrogen-bond donors (Lipinski definition) is 1. The van der Waals surface area contributed by atoms with Crippen LogP contribution >= 0.6 is 0 Å².